The van der Waals surface area contributed by atoms with E-state index in [1.54, 1.807) is 11.3 Å². The molecule has 2 atom stereocenters. The van der Waals surface area contributed by atoms with E-state index in [1.165, 1.54) is 10.5 Å². The molecule has 0 saturated carbocycles. The minimum absolute atomic E-state index is 0.0826. The van der Waals surface area contributed by atoms with Crippen molar-refractivity contribution in [2.45, 2.75) is 38.8 Å². The van der Waals surface area contributed by atoms with Crippen molar-refractivity contribution in [2.24, 2.45) is 0 Å². The first-order chi connectivity index (χ1) is 12.5. The molecule has 5 nitrogen and oxygen atoms in total. The lowest BCUT2D eigenvalue weighted by atomic mass is 9.98. The van der Waals surface area contributed by atoms with Gasteiger partial charge in [0, 0.05) is 18.0 Å². The maximum absolute atomic E-state index is 12.6. The van der Waals surface area contributed by atoms with Crippen LogP contribution in [0.5, 0.6) is 0 Å². The van der Waals surface area contributed by atoms with Gasteiger partial charge in [-0.1, -0.05) is 44.2 Å². The summed E-state index contributed by atoms with van der Waals surface area (Å²) in [5.41, 5.74) is 2.40. The molecule has 0 radical (unpaired) electrons. The highest BCUT2D eigenvalue weighted by atomic mass is 32.1. The molecule has 1 aromatic heterocycles. The van der Waals surface area contributed by atoms with Crippen molar-refractivity contribution < 1.29 is 9.59 Å². The SMILES string of the molecule is CC(C)c1ccc([C@H](N[C@H](C)C(=O)N2CCNC2=O)c2cccs2)cc1. The number of carbonyl (C=O) groups is 2. The van der Waals surface area contributed by atoms with E-state index in [2.05, 4.69) is 54.8 Å². The quantitative estimate of drug-likeness (QED) is 0.817. The van der Waals surface area contributed by atoms with Gasteiger partial charge >= 0.3 is 6.03 Å². The Labute approximate surface area is 158 Å². The molecule has 3 rings (SSSR count). The van der Waals surface area contributed by atoms with E-state index in [1.807, 2.05) is 18.4 Å². The summed E-state index contributed by atoms with van der Waals surface area (Å²) >= 11 is 1.66. The number of urea groups is 1. The Morgan fingerprint density at radius 1 is 1.15 bits per heavy atom. The van der Waals surface area contributed by atoms with Gasteiger partial charge in [-0.25, -0.2) is 4.79 Å². The van der Waals surface area contributed by atoms with Crippen molar-refractivity contribution in [3.63, 3.8) is 0 Å². The molecule has 2 heterocycles. The molecule has 2 aromatic rings. The number of thiophene rings is 1. The van der Waals surface area contributed by atoms with Crippen LogP contribution in [0.4, 0.5) is 4.79 Å². The smallest absolute Gasteiger partial charge is 0.324 e. The Kier molecular flexibility index (Phi) is 5.74. The summed E-state index contributed by atoms with van der Waals surface area (Å²) in [6.07, 6.45) is 0. The van der Waals surface area contributed by atoms with Crippen molar-refractivity contribution in [2.75, 3.05) is 13.1 Å². The Hall–Kier alpha value is -2.18. The van der Waals surface area contributed by atoms with Gasteiger partial charge in [-0.3, -0.25) is 15.0 Å². The minimum atomic E-state index is -0.462. The predicted molar refractivity (Wildman–Crippen MR) is 104 cm³/mol. The normalized spacial score (nSPS) is 16.6. The fraction of sp³-hybridized carbons (Fsp3) is 0.400. The average Bonchev–Trinajstić information content (AvgIpc) is 3.30. The summed E-state index contributed by atoms with van der Waals surface area (Å²) in [7, 11) is 0. The molecule has 26 heavy (non-hydrogen) atoms. The highest BCUT2D eigenvalue weighted by Crippen LogP contribution is 2.28. The van der Waals surface area contributed by atoms with Crippen LogP contribution in [0.3, 0.4) is 0 Å². The molecular formula is C20H25N3O2S. The zero-order chi connectivity index (χ0) is 18.7. The van der Waals surface area contributed by atoms with Gasteiger partial charge < -0.3 is 5.32 Å². The summed E-state index contributed by atoms with van der Waals surface area (Å²) in [6, 6.07) is 11.7. The molecule has 6 heteroatoms. The third-order valence-electron chi connectivity index (χ3n) is 4.67. The second kappa shape index (κ2) is 8.01. The molecule has 1 fully saturated rings. The van der Waals surface area contributed by atoms with Gasteiger partial charge in [-0.05, 0) is 35.4 Å². The first-order valence-electron chi connectivity index (χ1n) is 8.96. The minimum Gasteiger partial charge on any atom is -0.336 e. The number of benzene rings is 1. The Bertz CT molecular complexity index is 756. The molecule has 0 unspecified atom stereocenters. The number of hydrogen-bond donors (Lipinski definition) is 2. The molecule has 1 aliphatic rings. The second-order valence-corrected chi connectivity index (χ2v) is 7.86. The summed E-state index contributed by atoms with van der Waals surface area (Å²) in [4.78, 5) is 26.8. The maximum atomic E-state index is 12.6. The van der Waals surface area contributed by atoms with Crippen molar-refractivity contribution in [3.8, 4) is 0 Å². The summed E-state index contributed by atoms with van der Waals surface area (Å²) in [5, 5.41) is 8.13. The number of imide groups is 1. The fourth-order valence-electron chi connectivity index (χ4n) is 3.11. The van der Waals surface area contributed by atoms with Gasteiger partial charge in [0.2, 0.25) is 5.91 Å². The molecule has 0 spiro atoms. The monoisotopic (exact) mass is 371 g/mol. The van der Waals surface area contributed by atoms with E-state index in [-0.39, 0.29) is 18.0 Å². The summed E-state index contributed by atoms with van der Waals surface area (Å²) < 4.78 is 0. The highest BCUT2D eigenvalue weighted by molar-refractivity contribution is 7.10. The molecule has 1 saturated heterocycles. The predicted octanol–water partition coefficient (Wildman–Crippen LogP) is 3.49. The molecule has 3 amide bonds. The Balaban J connectivity index is 1.80. The lowest BCUT2D eigenvalue weighted by molar-refractivity contribution is -0.129. The maximum Gasteiger partial charge on any atom is 0.324 e. The number of nitrogens with zero attached hydrogens (tertiary/aromatic N) is 1. The Morgan fingerprint density at radius 3 is 2.38 bits per heavy atom. The zero-order valence-electron chi connectivity index (χ0n) is 15.4. The van der Waals surface area contributed by atoms with Crippen LogP contribution in [0.1, 0.15) is 48.7 Å². The second-order valence-electron chi connectivity index (χ2n) is 6.88. The zero-order valence-corrected chi connectivity index (χ0v) is 16.2. The molecule has 0 bridgehead atoms. The van der Waals surface area contributed by atoms with Crippen LogP contribution in [-0.4, -0.2) is 36.0 Å². The van der Waals surface area contributed by atoms with E-state index in [9.17, 15) is 9.59 Å². The van der Waals surface area contributed by atoms with Crippen molar-refractivity contribution >= 4 is 23.3 Å². The summed E-state index contributed by atoms with van der Waals surface area (Å²) in [5.74, 6) is 0.284. The highest BCUT2D eigenvalue weighted by Gasteiger charge is 2.31. The van der Waals surface area contributed by atoms with Gasteiger partial charge in [-0.2, -0.15) is 0 Å². The van der Waals surface area contributed by atoms with Crippen LogP contribution in [0.2, 0.25) is 0 Å². The van der Waals surface area contributed by atoms with Crippen LogP contribution >= 0.6 is 11.3 Å². The third-order valence-corrected chi connectivity index (χ3v) is 5.61. The topological polar surface area (TPSA) is 61.4 Å². The first-order valence-corrected chi connectivity index (χ1v) is 9.84. The van der Waals surface area contributed by atoms with Crippen LogP contribution in [-0.2, 0) is 4.79 Å². The van der Waals surface area contributed by atoms with Crippen LogP contribution in [0, 0.1) is 0 Å². The lowest BCUT2D eigenvalue weighted by Gasteiger charge is -2.25. The lowest BCUT2D eigenvalue weighted by Crippen LogP contribution is -2.47. The molecular weight excluding hydrogens is 346 g/mol. The molecule has 2 N–H and O–H groups in total. The largest absolute Gasteiger partial charge is 0.336 e. The Morgan fingerprint density at radius 2 is 1.85 bits per heavy atom. The van der Waals surface area contributed by atoms with Crippen LogP contribution < -0.4 is 10.6 Å². The van der Waals surface area contributed by atoms with Crippen molar-refractivity contribution in [1.82, 2.24) is 15.5 Å². The van der Waals surface area contributed by atoms with Crippen LogP contribution in [0.15, 0.2) is 41.8 Å². The molecule has 0 aliphatic carbocycles. The molecule has 1 aliphatic heterocycles. The van der Waals surface area contributed by atoms with E-state index in [0.29, 0.717) is 19.0 Å². The van der Waals surface area contributed by atoms with Gasteiger partial charge in [-0.15, -0.1) is 11.3 Å². The number of nitrogens with one attached hydrogen (secondary N) is 2. The average molecular weight is 372 g/mol. The number of rotatable bonds is 6. The fourth-order valence-corrected chi connectivity index (χ4v) is 3.92. The standard InChI is InChI=1S/C20H25N3O2S/c1-13(2)15-6-8-16(9-7-15)18(17-5-4-12-26-17)22-14(3)19(24)23-11-10-21-20(23)25/h4-9,12-14,18,22H,10-11H2,1-3H3,(H,21,25)/t14-,18+/m1/s1. The number of hydrogen-bond acceptors (Lipinski definition) is 4. The molecule has 1 aromatic carbocycles. The van der Waals surface area contributed by atoms with E-state index < -0.39 is 6.04 Å². The van der Waals surface area contributed by atoms with Gasteiger partial charge in [0.1, 0.15) is 0 Å². The van der Waals surface area contributed by atoms with Crippen molar-refractivity contribution in [1.29, 1.82) is 0 Å². The van der Waals surface area contributed by atoms with Crippen molar-refractivity contribution in [3.05, 3.63) is 57.8 Å². The van der Waals surface area contributed by atoms with Gasteiger partial charge in [0.05, 0.1) is 12.1 Å². The van der Waals surface area contributed by atoms with E-state index in [0.717, 1.165) is 10.4 Å². The number of carbonyl (C=O) groups excluding carboxylic acids is 2. The first kappa shape index (κ1) is 18.6. The van der Waals surface area contributed by atoms with Crippen LogP contribution in [0.25, 0.3) is 0 Å². The van der Waals surface area contributed by atoms with Gasteiger partial charge in [0.25, 0.3) is 0 Å². The summed E-state index contributed by atoms with van der Waals surface area (Å²) in [6.45, 7) is 7.10. The van der Waals surface area contributed by atoms with E-state index in [4.69, 9.17) is 0 Å². The van der Waals surface area contributed by atoms with E-state index >= 15 is 0 Å². The third kappa shape index (κ3) is 3.97. The van der Waals surface area contributed by atoms with Gasteiger partial charge in [0.15, 0.2) is 0 Å². The molecule has 138 valence electrons. The number of amides is 3.